The molecule has 0 aliphatic carbocycles. The molecule has 162 valence electrons. The molecule has 1 aliphatic rings. The average molecular weight is 439 g/mol. The van der Waals surface area contributed by atoms with Crippen molar-refractivity contribution >= 4 is 27.5 Å². The van der Waals surface area contributed by atoms with E-state index in [2.05, 4.69) is 25.2 Å². The number of anilines is 3. The van der Waals surface area contributed by atoms with Gasteiger partial charge in [-0.3, -0.25) is 0 Å². The lowest BCUT2D eigenvalue weighted by atomic mass is 10.2. The van der Waals surface area contributed by atoms with E-state index in [4.69, 9.17) is 0 Å². The van der Waals surface area contributed by atoms with E-state index < -0.39 is 10.0 Å². The molecule has 1 aromatic carbocycles. The van der Waals surface area contributed by atoms with Crippen molar-refractivity contribution in [2.75, 3.05) is 36.4 Å². The first-order chi connectivity index (χ1) is 14.9. The number of rotatable bonds is 6. The molecule has 0 amide bonds. The lowest BCUT2D eigenvalue weighted by Crippen LogP contribution is -2.49. The number of piperazine rings is 1. The Labute approximate surface area is 183 Å². The second-order valence-electron chi connectivity index (χ2n) is 7.63. The number of nitrogens with one attached hydrogen (secondary N) is 1. The zero-order valence-electron chi connectivity index (χ0n) is 17.7. The van der Waals surface area contributed by atoms with Gasteiger partial charge in [-0.15, -0.1) is 0 Å². The Morgan fingerprint density at radius 1 is 0.935 bits per heavy atom. The summed E-state index contributed by atoms with van der Waals surface area (Å²) in [6.45, 7) is 5.82. The van der Waals surface area contributed by atoms with E-state index in [1.54, 1.807) is 10.5 Å². The molecule has 3 heterocycles. The molecule has 1 saturated heterocycles. The molecule has 0 spiro atoms. The van der Waals surface area contributed by atoms with Crippen LogP contribution in [0.2, 0.25) is 0 Å². The maximum atomic E-state index is 12.9. The topological polar surface area (TPSA) is 91.3 Å². The van der Waals surface area contributed by atoms with Gasteiger partial charge in [0.1, 0.15) is 23.3 Å². The Kier molecular flexibility index (Phi) is 6.15. The summed E-state index contributed by atoms with van der Waals surface area (Å²) in [5.74, 6) is 2.82. The monoisotopic (exact) mass is 438 g/mol. The summed E-state index contributed by atoms with van der Waals surface area (Å²) in [4.78, 5) is 15.3. The van der Waals surface area contributed by atoms with Crippen molar-refractivity contribution in [3.63, 3.8) is 0 Å². The van der Waals surface area contributed by atoms with Gasteiger partial charge in [-0.25, -0.2) is 23.4 Å². The summed E-state index contributed by atoms with van der Waals surface area (Å²) in [6.07, 6.45) is 1.72. The van der Waals surface area contributed by atoms with Crippen molar-refractivity contribution in [2.45, 2.75) is 19.6 Å². The summed E-state index contributed by atoms with van der Waals surface area (Å²) >= 11 is 0. The number of pyridine rings is 1. The molecule has 0 saturated carbocycles. The number of aromatic nitrogens is 3. The highest BCUT2D eigenvalue weighted by molar-refractivity contribution is 7.88. The molecule has 1 fully saturated rings. The highest BCUT2D eigenvalue weighted by Crippen LogP contribution is 2.21. The fourth-order valence-electron chi connectivity index (χ4n) is 3.65. The van der Waals surface area contributed by atoms with Crippen LogP contribution in [0.25, 0.3) is 0 Å². The Bertz CT molecular complexity index is 1150. The molecule has 0 atom stereocenters. The van der Waals surface area contributed by atoms with Crippen LogP contribution in [-0.4, -0.2) is 53.9 Å². The summed E-state index contributed by atoms with van der Waals surface area (Å²) in [6, 6.07) is 15.2. The summed E-state index contributed by atoms with van der Waals surface area (Å²) in [5, 5.41) is 3.19. The molecule has 9 heteroatoms. The SMILES string of the molecule is Cc1cccc(CS(=O)(=O)N2CCN(c3cc(Nc4ccccn4)nc(C)n3)CC2)c1. The second-order valence-corrected chi connectivity index (χ2v) is 9.60. The van der Waals surface area contributed by atoms with Gasteiger partial charge in [-0.05, 0) is 31.5 Å². The first kappa shape index (κ1) is 21.2. The maximum absolute atomic E-state index is 12.9. The van der Waals surface area contributed by atoms with E-state index >= 15 is 0 Å². The minimum absolute atomic E-state index is 0.0272. The first-order valence-electron chi connectivity index (χ1n) is 10.2. The lowest BCUT2D eigenvalue weighted by molar-refractivity contribution is 0.383. The number of benzene rings is 1. The van der Waals surface area contributed by atoms with Crippen LogP contribution in [0, 0.1) is 13.8 Å². The highest BCUT2D eigenvalue weighted by Gasteiger charge is 2.28. The fourth-order valence-corrected chi connectivity index (χ4v) is 5.15. The van der Waals surface area contributed by atoms with E-state index in [0.717, 1.165) is 16.9 Å². The minimum atomic E-state index is -3.36. The van der Waals surface area contributed by atoms with Crippen molar-refractivity contribution < 1.29 is 8.42 Å². The number of hydrogen-bond acceptors (Lipinski definition) is 7. The normalized spacial score (nSPS) is 15.1. The van der Waals surface area contributed by atoms with Crippen LogP contribution in [0.4, 0.5) is 17.5 Å². The van der Waals surface area contributed by atoms with E-state index in [0.29, 0.717) is 43.6 Å². The Morgan fingerprint density at radius 3 is 2.45 bits per heavy atom. The van der Waals surface area contributed by atoms with Crippen LogP contribution in [0.1, 0.15) is 17.0 Å². The Balaban J connectivity index is 1.42. The molecule has 0 bridgehead atoms. The smallest absolute Gasteiger partial charge is 0.218 e. The van der Waals surface area contributed by atoms with Gasteiger partial charge in [0.15, 0.2) is 0 Å². The van der Waals surface area contributed by atoms with Gasteiger partial charge in [0, 0.05) is 38.4 Å². The predicted molar refractivity (Wildman–Crippen MR) is 122 cm³/mol. The molecule has 0 radical (unpaired) electrons. The second kappa shape index (κ2) is 8.99. The van der Waals surface area contributed by atoms with E-state index in [9.17, 15) is 8.42 Å². The number of sulfonamides is 1. The Hall–Kier alpha value is -3.04. The van der Waals surface area contributed by atoms with Gasteiger partial charge in [0.2, 0.25) is 10.0 Å². The van der Waals surface area contributed by atoms with Crippen LogP contribution < -0.4 is 10.2 Å². The molecule has 0 unspecified atom stereocenters. The van der Waals surface area contributed by atoms with Crippen molar-refractivity contribution in [2.24, 2.45) is 0 Å². The molecular weight excluding hydrogens is 412 g/mol. The number of aryl methyl sites for hydroxylation is 2. The maximum Gasteiger partial charge on any atom is 0.218 e. The van der Waals surface area contributed by atoms with Crippen LogP contribution >= 0.6 is 0 Å². The van der Waals surface area contributed by atoms with Gasteiger partial charge in [0.25, 0.3) is 0 Å². The molecule has 31 heavy (non-hydrogen) atoms. The van der Waals surface area contributed by atoms with Gasteiger partial charge >= 0.3 is 0 Å². The molecular formula is C22H26N6O2S. The van der Waals surface area contributed by atoms with Crippen molar-refractivity contribution in [3.8, 4) is 0 Å². The van der Waals surface area contributed by atoms with Crippen molar-refractivity contribution in [1.82, 2.24) is 19.3 Å². The van der Waals surface area contributed by atoms with Crippen molar-refractivity contribution in [1.29, 1.82) is 0 Å². The van der Waals surface area contributed by atoms with Crippen molar-refractivity contribution in [3.05, 3.63) is 71.7 Å². The zero-order chi connectivity index (χ0) is 21.8. The summed E-state index contributed by atoms with van der Waals surface area (Å²) in [5.41, 5.74) is 1.88. The van der Waals surface area contributed by atoms with Crippen LogP contribution in [0.15, 0.2) is 54.7 Å². The average Bonchev–Trinajstić information content (AvgIpc) is 2.74. The van der Waals surface area contributed by atoms with Gasteiger partial charge < -0.3 is 10.2 Å². The van der Waals surface area contributed by atoms with E-state index in [1.807, 2.05) is 62.4 Å². The molecule has 1 N–H and O–H groups in total. The largest absolute Gasteiger partial charge is 0.354 e. The minimum Gasteiger partial charge on any atom is -0.354 e. The lowest BCUT2D eigenvalue weighted by Gasteiger charge is -2.34. The van der Waals surface area contributed by atoms with Gasteiger partial charge in [-0.2, -0.15) is 4.31 Å². The summed E-state index contributed by atoms with van der Waals surface area (Å²) in [7, 11) is -3.36. The van der Waals surface area contributed by atoms with Crippen LogP contribution in [0.3, 0.4) is 0 Å². The first-order valence-corrected chi connectivity index (χ1v) is 11.8. The third-order valence-corrected chi connectivity index (χ3v) is 6.98. The third-order valence-electron chi connectivity index (χ3n) is 5.13. The Morgan fingerprint density at radius 2 is 1.74 bits per heavy atom. The van der Waals surface area contributed by atoms with Crippen LogP contribution in [-0.2, 0) is 15.8 Å². The quantitative estimate of drug-likeness (QED) is 0.633. The summed E-state index contributed by atoms with van der Waals surface area (Å²) < 4.78 is 27.3. The standard InChI is InChI=1S/C22H26N6O2S/c1-17-6-5-7-19(14-17)16-31(29,30)28-12-10-27(11-13-28)22-15-21(24-18(2)25-22)26-20-8-3-4-9-23-20/h3-9,14-15H,10-13,16H2,1-2H3,(H,23,24,25,26). The van der Waals surface area contributed by atoms with E-state index in [1.165, 1.54) is 0 Å². The zero-order valence-corrected chi connectivity index (χ0v) is 18.5. The highest BCUT2D eigenvalue weighted by atomic mass is 32.2. The van der Waals surface area contributed by atoms with Crippen LogP contribution in [0.5, 0.6) is 0 Å². The van der Waals surface area contributed by atoms with Gasteiger partial charge in [0.05, 0.1) is 5.75 Å². The molecule has 2 aromatic heterocycles. The van der Waals surface area contributed by atoms with E-state index in [-0.39, 0.29) is 5.75 Å². The number of hydrogen-bond donors (Lipinski definition) is 1. The molecule has 3 aromatic rings. The molecule has 8 nitrogen and oxygen atoms in total. The third kappa shape index (κ3) is 5.36. The molecule has 1 aliphatic heterocycles. The predicted octanol–water partition coefficient (Wildman–Crippen LogP) is 2.88. The molecule has 4 rings (SSSR count). The number of nitrogens with zero attached hydrogens (tertiary/aromatic N) is 5. The van der Waals surface area contributed by atoms with Gasteiger partial charge in [-0.1, -0.05) is 35.9 Å². The fraction of sp³-hybridized carbons (Fsp3) is 0.318.